The number of aromatic hydroxyl groups is 1. The second-order valence-electron chi connectivity index (χ2n) is 7.49. The molecule has 154 valence electrons. The molecule has 0 spiro atoms. The summed E-state index contributed by atoms with van der Waals surface area (Å²) in [7, 11) is 0. The van der Waals surface area contributed by atoms with Crippen LogP contribution in [0.5, 0.6) is 5.75 Å². The number of rotatable bonds is 5. The third-order valence-corrected chi connectivity index (χ3v) is 10.3. The first kappa shape index (κ1) is 20.9. The van der Waals surface area contributed by atoms with Crippen LogP contribution < -0.4 is 10.6 Å². The van der Waals surface area contributed by atoms with Crippen LogP contribution in [0.3, 0.4) is 0 Å². The zero-order valence-electron chi connectivity index (χ0n) is 17.5. The van der Waals surface area contributed by atoms with Crippen LogP contribution in [0.25, 0.3) is 0 Å². The monoisotopic (exact) mass is 424 g/mol. The molecule has 2 nitrogen and oxygen atoms in total. The number of hydrogen-bond donors (Lipinski definition) is 1. The van der Waals surface area contributed by atoms with Gasteiger partial charge in [0, 0.05) is 11.2 Å². The summed E-state index contributed by atoms with van der Waals surface area (Å²) in [5.74, 6) is 2.10. The summed E-state index contributed by atoms with van der Waals surface area (Å²) in [4.78, 5) is 13.3. The van der Waals surface area contributed by atoms with Crippen molar-refractivity contribution in [1.82, 2.24) is 0 Å². The van der Waals surface area contributed by atoms with E-state index in [2.05, 4.69) is 73.9 Å². The standard InChI is InChI=1S/C28H25O2P/c1-3-31(22-13-6-4-7-14-22,23-15-8-5-9-16-23)27-20-12-18-24(21(27)2)28(30)25-17-10-11-19-26(25)29/h3-20,27,29H,2H2,1H3. The van der Waals surface area contributed by atoms with Crippen LogP contribution in [0.4, 0.5) is 0 Å². The van der Waals surface area contributed by atoms with Gasteiger partial charge in [0.1, 0.15) is 5.75 Å². The van der Waals surface area contributed by atoms with Crippen LogP contribution in [0.15, 0.2) is 121 Å². The molecule has 1 aliphatic carbocycles. The molecule has 0 heterocycles. The predicted molar refractivity (Wildman–Crippen MR) is 133 cm³/mol. The van der Waals surface area contributed by atoms with Gasteiger partial charge in [0.15, 0.2) is 5.78 Å². The Morgan fingerprint density at radius 3 is 2.00 bits per heavy atom. The molecular formula is C28H25O2P. The molecule has 3 heteroatoms. The van der Waals surface area contributed by atoms with E-state index in [-0.39, 0.29) is 17.2 Å². The zero-order chi connectivity index (χ0) is 21.8. The maximum absolute atomic E-state index is 13.3. The molecule has 0 aliphatic heterocycles. The molecule has 1 N–H and O–H groups in total. The highest BCUT2D eigenvalue weighted by Gasteiger charge is 2.35. The predicted octanol–water partition coefficient (Wildman–Crippen LogP) is 5.49. The van der Waals surface area contributed by atoms with E-state index in [1.54, 1.807) is 18.2 Å². The molecular weight excluding hydrogens is 399 g/mol. The summed E-state index contributed by atoms with van der Waals surface area (Å²) < 4.78 is 0. The largest absolute Gasteiger partial charge is 0.507 e. The van der Waals surface area contributed by atoms with E-state index >= 15 is 0 Å². The van der Waals surface area contributed by atoms with Crippen LogP contribution in [-0.4, -0.2) is 22.3 Å². The van der Waals surface area contributed by atoms with Crippen molar-refractivity contribution in [2.75, 3.05) is 0 Å². The average molecular weight is 424 g/mol. The van der Waals surface area contributed by atoms with Gasteiger partial charge in [-0.3, -0.25) is 4.79 Å². The van der Waals surface area contributed by atoms with Crippen molar-refractivity contribution in [3.63, 3.8) is 0 Å². The van der Waals surface area contributed by atoms with Crippen LogP contribution >= 0.6 is 6.89 Å². The molecule has 0 bridgehead atoms. The molecule has 0 radical (unpaired) electrons. The fraction of sp³-hybridized carbons (Fsp3) is 0.0714. The number of benzene rings is 3. The Morgan fingerprint density at radius 1 is 0.903 bits per heavy atom. The zero-order valence-corrected chi connectivity index (χ0v) is 18.4. The first-order valence-corrected chi connectivity index (χ1v) is 12.2. The quantitative estimate of drug-likeness (QED) is 0.435. The molecule has 31 heavy (non-hydrogen) atoms. The van der Waals surface area contributed by atoms with E-state index in [0.717, 1.165) is 5.57 Å². The molecule has 1 unspecified atom stereocenters. The average Bonchev–Trinajstić information content (AvgIpc) is 2.82. The Labute approximate surface area is 183 Å². The molecule has 4 rings (SSSR count). The van der Waals surface area contributed by atoms with Gasteiger partial charge in [0.05, 0.1) is 5.56 Å². The van der Waals surface area contributed by atoms with E-state index in [0.29, 0.717) is 11.1 Å². The van der Waals surface area contributed by atoms with Crippen molar-refractivity contribution in [2.45, 2.75) is 12.6 Å². The van der Waals surface area contributed by atoms with Crippen LogP contribution in [0, 0.1) is 0 Å². The Hall–Kier alpha value is -3.35. The van der Waals surface area contributed by atoms with Gasteiger partial charge >= 0.3 is 0 Å². The lowest BCUT2D eigenvalue weighted by Gasteiger charge is -2.37. The molecule has 0 aromatic heterocycles. The molecule has 0 saturated heterocycles. The highest BCUT2D eigenvalue weighted by molar-refractivity contribution is 7.89. The van der Waals surface area contributed by atoms with Crippen molar-refractivity contribution < 1.29 is 9.90 Å². The SMILES string of the molecule is C=C1C(C(=O)c2ccccc2O)=CC=CC1P(=CC)(c1ccccc1)c1ccccc1. The lowest BCUT2D eigenvalue weighted by atomic mass is 9.92. The Balaban J connectivity index is 1.86. The first-order valence-electron chi connectivity index (χ1n) is 10.3. The summed E-state index contributed by atoms with van der Waals surface area (Å²) in [6, 6.07) is 27.7. The summed E-state index contributed by atoms with van der Waals surface area (Å²) in [6.07, 6.45) is 5.93. The summed E-state index contributed by atoms with van der Waals surface area (Å²) in [5, 5.41) is 12.7. The van der Waals surface area contributed by atoms with Crippen molar-refractivity contribution >= 4 is 29.1 Å². The molecule has 0 amide bonds. The summed E-state index contributed by atoms with van der Waals surface area (Å²) in [6.45, 7) is 4.45. The number of allylic oxidation sites excluding steroid dienone is 5. The van der Waals surface area contributed by atoms with Crippen LogP contribution in [0.1, 0.15) is 17.3 Å². The molecule has 1 aliphatic rings. The van der Waals surface area contributed by atoms with Gasteiger partial charge < -0.3 is 5.11 Å². The number of phenolic OH excluding ortho intramolecular Hbond substituents is 1. The molecule has 3 aromatic rings. The number of phenols is 1. The van der Waals surface area contributed by atoms with Gasteiger partial charge in [-0.1, -0.05) is 103 Å². The van der Waals surface area contributed by atoms with E-state index < -0.39 is 6.89 Å². The maximum Gasteiger partial charge on any atom is 0.197 e. The van der Waals surface area contributed by atoms with E-state index in [1.807, 2.05) is 24.3 Å². The lowest BCUT2D eigenvalue weighted by molar-refractivity contribution is 0.103. The number of ketones is 1. The fourth-order valence-electron chi connectivity index (χ4n) is 4.33. The summed E-state index contributed by atoms with van der Waals surface area (Å²) in [5.41, 5.74) is 1.59. The second kappa shape index (κ2) is 8.79. The van der Waals surface area contributed by atoms with Crippen LogP contribution in [0.2, 0.25) is 0 Å². The first-order chi connectivity index (χ1) is 15.1. The third-order valence-electron chi connectivity index (χ3n) is 5.87. The molecule has 0 saturated carbocycles. The van der Waals surface area contributed by atoms with Crippen molar-refractivity contribution in [2.24, 2.45) is 0 Å². The van der Waals surface area contributed by atoms with E-state index in [1.165, 1.54) is 16.7 Å². The van der Waals surface area contributed by atoms with Crippen molar-refractivity contribution in [1.29, 1.82) is 0 Å². The van der Waals surface area contributed by atoms with E-state index in [9.17, 15) is 9.90 Å². The van der Waals surface area contributed by atoms with Gasteiger partial charge in [-0.05, 0) is 42.1 Å². The smallest absolute Gasteiger partial charge is 0.197 e. The number of hydrogen-bond acceptors (Lipinski definition) is 2. The minimum atomic E-state index is -2.06. The normalized spacial score (nSPS) is 16.0. The molecule has 0 fully saturated rings. The highest BCUT2D eigenvalue weighted by Crippen LogP contribution is 2.54. The second-order valence-corrected chi connectivity index (χ2v) is 11.1. The number of carbonyl (C=O) groups excluding carboxylic acids is 1. The molecule has 3 aromatic carbocycles. The van der Waals surface area contributed by atoms with Crippen LogP contribution in [-0.2, 0) is 0 Å². The van der Waals surface area contributed by atoms with Gasteiger partial charge in [0.25, 0.3) is 0 Å². The topological polar surface area (TPSA) is 37.3 Å². The van der Waals surface area contributed by atoms with Crippen molar-refractivity contribution in [3.05, 3.63) is 126 Å². The Morgan fingerprint density at radius 2 is 1.45 bits per heavy atom. The van der Waals surface area contributed by atoms with Gasteiger partial charge in [-0.15, -0.1) is 0 Å². The minimum absolute atomic E-state index is 0.0125. The Bertz CT molecular complexity index is 1190. The fourth-order valence-corrected chi connectivity index (χ4v) is 8.52. The highest BCUT2D eigenvalue weighted by atomic mass is 31.2. The summed E-state index contributed by atoms with van der Waals surface area (Å²) >= 11 is 0. The Kier molecular flexibility index (Phi) is 5.93. The number of para-hydroxylation sites is 1. The van der Waals surface area contributed by atoms with Gasteiger partial charge in [-0.2, -0.15) is 0 Å². The third kappa shape index (κ3) is 3.65. The number of Topliss-reactive ketones (excluding diaryl/α,β-unsaturated/α-hetero) is 1. The lowest BCUT2D eigenvalue weighted by Crippen LogP contribution is -2.30. The van der Waals surface area contributed by atoms with Gasteiger partial charge in [0.2, 0.25) is 0 Å². The molecule has 1 atom stereocenters. The van der Waals surface area contributed by atoms with Crippen molar-refractivity contribution in [3.8, 4) is 5.75 Å². The number of carbonyl (C=O) groups is 1. The minimum Gasteiger partial charge on any atom is -0.507 e. The van der Waals surface area contributed by atoms with E-state index in [4.69, 9.17) is 0 Å². The maximum atomic E-state index is 13.3. The van der Waals surface area contributed by atoms with Gasteiger partial charge in [-0.25, -0.2) is 0 Å².